The molecule has 0 aliphatic carbocycles. The van der Waals surface area contributed by atoms with Gasteiger partial charge in [-0.15, -0.1) is 0 Å². The molecule has 22 heteroatoms. The zero-order chi connectivity index (χ0) is 57.8. The van der Waals surface area contributed by atoms with Crippen molar-refractivity contribution < 1.29 is 95.1 Å². The summed E-state index contributed by atoms with van der Waals surface area (Å²) in [5, 5.41) is 0.613. The Kier molecular flexibility index (Phi) is 21.3. The van der Waals surface area contributed by atoms with Crippen molar-refractivity contribution in [3.63, 3.8) is 0 Å². The monoisotopic (exact) mass is 1140 g/mol. The van der Waals surface area contributed by atoms with Crippen molar-refractivity contribution in [2.24, 2.45) is 0 Å². The Morgan fingerprint density at radius 3 is 1.41 bits per heavy atom. The number of benzene rings is 4. The molecule has 0 unspecified atom stereocenters. The minimum atomic E-state index is -2.54. The number of halogens is 2. The average Bonchev–Trinajstić information content (AvgIpc) is 3.95. The van der Waals surface area contributed by atoms with E-state index in [4.69, 9.17) is 84.8 Å². The molecule has 4 aromatic carbocycles. The van der Waals surface area contributed by atoms with E-state index in [1.54, 1.807) is 36.4 Å². The summed E-state index contributed by atoms with van der Waals surface area (Å²) in [6.45, 7) is 10.7. The molecule has 2 fully saturated rings. The molecule has 79 heavy (non-hydrogen) atoms. The number of methoxy groups -OCH3 is 1. The van der Waals surface area contributed by atoms with Gasteiger partial charge in [0.25, 0.3) is 0 Å². The van der Waals surface area contributed by atoms with Crippen LogP contribution in [-0.4, -0.2) is 124 Å². The van der Waals surface area contributed by atoms with E-state index in [1.807, 2.05) is 50.2 Å². The normalized spacial score (nSPS) is 23.8. The molecule has 0 radical (unpaired) electrons. The lowest BCUT2D eigenvalue weighted by Gasteiger charge is -2.51. The fraction of sp³-hybridized carbons (Fsp3) is 0.456. The molecule has 0 bridgehead atoms. The highest BCUT2D eigenvalue weighted by atomic mass is 35.5. The van der Waals surface area contributed by atoms with Crippen LogP contribution in [0.2, 0.25) is 10.0 Å². The molecule has 2 saturated heterocycles. The Hall–Kier alpha value is -6.81. The molecular formula is C57H64Cl2O20. The summed E-state index contributed by atoms with van der Waals surface area (Å²) < 4.78 is 79.1. The second-order valence-corrected chi connectivity index (χ2v) is 19.3. The average molecular weight is 1140 g/mol. The fourth-order valence-electron chi connectivity index (χ4n) is 9.52. The fourth-order valence-corrected chi connectivity index (χ4v) is 9.89. The van der Waals surface area contributed by atoms with Crippen LogP contribution in [0.1, 0.15) is 95.7 Å². The molecule has 6 rings (SSSR count). The van der Waals surface area contributed by atoms with Crippen molar-refractivity contribution in [1.82, 2.24) is 0 Å². The second-order valence-electron chi connectivity index (χ2n) is 18.4. The molecule has 0 N–H and O–H groups in total. The molecule has 2 heterocycles. The van der Waals surface area contributed by atoms with Gasteiger partial charge in [0.1, 0.15) is 30.3 Å². The SMILES string of the molecule is CCOc1ccc(Cc2cc([C@]3(OC)O[C@H]([C@@H](CO[C@@]4(c5ccc(Cl)c(Cc6ccc(OCC)cc6)c5)O[C@H](COC(C)=O)[C@@H](OC(C)=O)[C@H](OC(C)=O)[C@H]4OC(C)=O)OC(C)=O)[C@H](OC(C)=O)[C@H]3OC(C)=O)ccc2Cl)cc1. The minimum absolute atomic E-state index is 0.0334. The van der Waals surface area contributed by atoms with Gasteiger partial charge in [-0.3, -0.25) is 33.6 Å². The summed E-state index contributed by atoms with van der Waals surface area (Å²) in [7, 11) is 1.26. The molecule has 2 aliphatic rings. The predicted molar refractivity (Wildman–Crippen MR) is 280 cm³/mol. The van der Waals surface area contributed by atoms with Gasteiger partial charge in [0.2, 0.25) is 17.7 Å². The zero-order valence-electron chi connectivity index (χ0n) is 45.4. The predicted octanol–water partition coefficient (Wildman–Crippen LogP) is 7.59. The molecule has 0 spiro atoms. The first-order valence-corrected chi connectivity index (χ1v) is 26.0. The van der Waals surface area contributed by atoms with E-state index < -0.39 is 115 Å². The van der Waals surface area contributed by atoms with Crippen LogP contribution < -0.4 is 9.47 Å². The highest BCUT2D eigenvalue weighted by Crippen LogP contribution is 2.49. The van der Waals surface area contributed by atoms with Gasteiger partial charge in [-0.25, -0.2) is 0 Å². The molecule has 0 aromatic heterocycles. The molecule has 4 aromatic rings. The van der Waals surface area contributed by atoms with Crippen LogP contribution in [0.3, 0.4) is 0 Å². The third kappa shape index (κ3) is 15.3. The van der Waals surface area contributed by atoms with Crippen LogP contribution in [-0.2, 0) is 110 Å². The number of ether oxygens (including phenoxy) is 13. The molecule has 0 amide bonds. The van der Waals surface area contributed by atoms with E-state index in [2.05, 4.69) is 0 Å². The smallest absolute Gasteiger partial charge is 0.303 e. The van der Waals surface area contributed by atoms with Crippen molar-refractivity contribution >= 4 is 65.0 Å². The highest BCUT2D eigenvalue weighted by Gasteiger charge is 2.66. The van der Waals surface area contributed by atoms with Crippen LogP contribution in [0.5, 0.6) is 11.5 Å². The van der Waals surface area contributed by atoms with E-state index in [0.717, 1.165) is 59.6 Å². The summed E-state index contributed by atoms with van der Waals surface area (Å²) in [5.74, 6) is -9.63. The maximum absolute atomic E-state index is 13.4. The number of hydrogen-bond donors (Lipinski definition) is 0. The Bertz CT molecular complexity index is 2820. The third-order valence-electron chi connectivity index (χ3n) is 12.5. The Morgan fingerprint density at radius 1 is 0.532 bits per heavy atom. The molecular weight excluding hydrogens is 1080 g/mol. The summed E-state index contributed by atoms with van der Waals surface area (Å²) in [4.78, 5) is 91.7. The van der Waals surface area contributed by atoms with Crippen LogP contribution in [0.25, 0.3) is 0 Å². The summed E-state index contributed by atoms with van der Waals surface area (Å²) in [6, 6.07) is 24.0. The second kappa shape index (κ2) is 27.4. The first-order chi connectivity index (χ1) is 37.5. The van der Waals surface area contributed by atoms with Gasteiger partial charge in [0, 0.05) is 76.7 Å². The van der Waals surface area contributed by atoms with Gasteiger partial charge >= 0.3 is 41.8 Å². The first kappa shape index (κ1) is 61.4. The summed E-state index contributed by atoms with van der Waals surface area (Å²) in [6.07, 6.45) is -13.1. The Morgan fingerprint density at radius 2 is 0.975 bits per heavy atom. The van der Waals surface area contributed by atoms with E-state index in [-0.39, 0.29) is 22.6 Å². The third-order valence-corrected chi connectivity index (χ3v) is 13.3. The van der Waals surface area contributed by atoms with Gasteiger partial charge in [-0.1, -0.05) is 59.6 Å². The number of carbonyl (C=O) groups is 7. The van der Waals surface area contributed by atoms with Crippen LogP contribution in [0.4, 0.5) is 0 Å². The first-order valence-electron chi connectivity index (χ1n) is 25.3. The van der Waals surface area contributed by atoms with Crippen LogP contribution >= 0.6 is 23.2 Å². The largest absolute Gasteiger partial charge is 0.494 e. The number of esters is 7. The standard InChI is InChI=1S/C57H64Cl2O20/c1-11-68-44-19-13-38(14-20-44)25-40-27-42(17-23-46(40)58)56(67-10)54(76-36(8)65)53(75-35(7)64)51(79-56)48(72-32(4)61)30-71-57(43-18-24-47(59)41(28-43)26-39-15-21-45(22-16-39)69-12-2)55(77-37(9)66)52(74-34(6)63)50(73-33(5)62)49(78-57)29-70-31(3)60/h13-24,27-28,48-55H,11-12,25-26,29-30H2,1-10H3/t48-,49-,50-,51-,52+,53+,54-,55-,56+,57+/m1/s1. The number of hydrogen-bond acceptors (Lipinski definition) is 20. The highest BCUT2D eigenvalue weighted by molar-refractivity contribution is 6.31. The van der Waals surface area contributed by atoms with Gasteiger partial charge in [-0.05, 0) is 97.5 Å². The Balaban J connectivity index is 1.56. The van der Waals surface area contributed by atoms with Gasteiger partial charge in [0.15, 0.2) is 30.5 Å². The quantitative estimate of drug-likeness (QED) is 0.0513. The van der Waals surface area contributed by atoms with E-state index in [9.17, 15) is 33.6 Å². The van der Waals surface area contributed by atoms with Crippen LogP contribution in [0, 0.1) is 0 Å². The number of rotatable bonds is 23. The van der Waals surface area contributed by atoms with Gasteiger partial charge < -0.3 is 61.6 Å². The van der Waals surface area contributed by atoms with E-state index >= 15 is 0 Å². The lowest BCUT2D eigenvalue weighted by Crippen LogP contribution is -2.67. The van der Waals surface area contributed by atoms with Crippen molar-refractivity contribution in [2.45, 2.75) is 136 Å². The van der Waals surface area contributed by atoms with Crippen molar-refractivity contribution in [3.8, 4) is 11.5 Å². The molecule has 2 aliphatic heterocycles. The van der Waals surface area contributed by atoms with E-state index in [0.29, 0.717) is 47.3 Å². The maximum Gasteiger partial charge on any atom is 0.303 e. The molecule has 10 atom stereocenters. The zero-order valence-corrected chi connectivity index (χ0v) is 46.9. The molecule has 426 valence electrons. The topological polar surface area (TPSA) is 239 Å². The van der Waals surface area contributed by atoms with Gasteiger partial charge in [-0.2, -0.15) is 0 Å². The lowest BCUT2D eigenvalue weighted by molar-refractivity contribution is -0.379. The Labute approximate surface area is 467 Å². The van der Waals surface area contributed by atoms with Gasteiger partial charge in [0.05, 0.1) is 19.8 Å². The van der Waals surface area contributed by atoms with Crippen molar-refractivity contribution in [2.75, 3.05) is 33.5 Å². The molecule has 20 nitrogen and oxygen atoms in total. The van der Waals surface area contributed by atoms with E-state index in [1.165, 1.54) is 19.2 Å². The number of carbonyl (C=O) groups excluding carboxylic acids is 7. The summed E-state index contributed by atoms with van der Waals surface area (Å²) in [5.41, 5.74) is 2.92. The lowest BCUT2D eigenvalue weighted by atomic mass is 9.86. The van der Waals surface area contributed by atoms with Crippen molar-refractivity contribution in [1.29, 1.82) is 0 Å². The minimum Gasteiger partial charge on any atom is -0.494 e. The van der Waals surface area contributed by atoms with Crippen LogP contribution in [0.15, 0.2) is 84.9 Å². The molecule has 0 saturated carbocycles. The summed E-state index contributed by atoms with van der Waals surface area (Å²) >= 11 is 13.7. The van der Waals surface area contributed by atoms with Crippen molar-refractivity contribution in [3.05, 3.63) is 128 Å². The maximum atomic E-state index is 13.4.